The first kappa shape index (κ1) is 71.2. The summed E-state index contributed by atoms with van der Waals surface area (Å²) in [4.78, 5) is 39.9. The molecule has 9 nitrogen and oxygen atoms in total. The van der Waals surface area contributed by atoms with Crippen molar-refractivity contribution in [2.24, 2.45) is 0 Å². The molecule has 0 saturated heterocycles. The molecule has 0 heterocycles. The van der Waals surface area contributed by atoms with Gasteiger partial charge in [0.15, 0.2) is 0 Å². The van der Waals surface area contributed by atoms with Crippen LogP contribution < -0.4 is 10.2 Å². The topological polar surface area (TPSA) is 114 Å². The molecule has 1 N–H and O–H groups in total. The van der Waals surface area contributed by atoms with Gasteiger partial charge >= 0.3 is 5.97 Å². The Hall–Kier alpha value is -2.81. The van der Waals surface area contributed by atoms with Gasteiger partial charge < -0.3 is 28.5 Å². The van der Waals surface area contributed by atoms with Crippen LogP contribution in [0.4, 0.5) is 0 Å². The van der Waals surface area contributed by atoms with Crippen molar-refractivity contribution < 1.29 is 37.3 Å². The zero-order valence-electron chi connectivity index (χ0n) is 48.8. The minimum absolute atomic E-state index is 0.0311. The molecule has 1 amide bonds. The molecule has 0 fully saturated rings. The summed E-state index contributed by atoms with van der Waals surface area (Å²) in [5.74, 6) is -0.577. The quantitative estimate of drug-likeness (QED) is 0.0212. The smallest absolute Gasteiger partial charge is 0.306 e. The number of hydrogen-bond acceptors (Lipinski definition) is 7. The average molecular weight is 1060 g/mol. The number of phosphoric ester groups is 1. The van der Waals surface area contributed by atoms with E-state index in [1.165, 1.54) is 109 Å². The molecule has 0 aromatic rings. The number of quaternary nitrogens is 1. The molecule has 3 unspecified atom stereocenters. The van der Waals surface area contributed by atoms with Gasteiger partial charge in [0.25, 0.3) is 7.82 Å². The molecule has 428 valence electrons. The first-order valence-electron chi connectivity index (χ1n) is 30.4. The maximum atomic E-state index is 13.5. The van der Waals surface area contributed by atoms with Crippen molar-refractivity contribution in [2.45, 2.75) is 270 Å². The van der Waals surface area contributed by atoms with Crippen LogP contribution in [0.1, 0.15) is 258 Å². The van der Waals surface area contributed by atoms with Crippen molar-refractivity contribution in [1.29, 1.82) is 0 Å². The molecule has 3 atom stereocenters. The number of nitrogens with zero attached hydrogens (tertiary/aromatic N) is 1. The number of amides is 1. The Bertz CT molecular complexity index is 1540. The Balaban J connectivity index is 5.31. The van der Waals surface area contributed by atoms with E-state index < -0.39 is 26.6 Å². The fourth-order valence-corrected chi connectivity index (χ4v) is 9.09. The van der Waals surface area contributed by atoms with E-state index in [1.807, 2.05) is 33.3 Å². The lowest BCUT2D eigenvalue weighted by Crippen LogP contribution is -2.47. The lowest BCUT2D eigenvalue weighted by molar-refractivity contribution is -0.870. The Morgan fingerprint density at radius 3 is 1.32 bits per heavy atom. The van der Waals surface area contributed by atoms with Crippen LogP contribution in [0.5, 0.6) is 0 Å². The third-order valence-corrected chi connectivity index (χ3v) is 14.0. The van der Waals surface area contributed by atoms with Gasteiger partial charge in [0.1, 0.15) is 19.3 Å². The van der Waals surface area contributed by atoms with Gasteiger partial charge in [-0.3, -0.25) is 14.2 Å². The molecule has 0 aliphatic rings. The zero-order chi connectivity index (χ0) is 54.3. The molecule has 0 aromatic heterocycles. The van der Waals surface area contributed by atoms with Crippen LogP contribution >= 0.6 is 7.82 Å². The fraction of sp³-hybridized carbons (Fsp3) is 0.750. The van der Waals surface area contributed by atoms with Crippen LogP contribution in [0.3, 0.4) is 0 Å². The first-order chi connectivity index (χ1) is 35.9. The summed E-state index contributed by atoms with van der Waals surface area (Å²) in [5.41, 5.74) is 0. The van der Waals surface area contributed by atoms with Crippen LogP contribution in [0.25, 0.3) is 0 Å². The zero-order valence-corrected chi connectivity index (χ0v) is 49.7. The monoisotopic (exact) mass is 1050 g/mol. The van der Waals surface area contributed by atoms with Crippen molar-refractivity contribution >= 4 is 19.7 Å². The normalized spacial score (nSPS) is 14.3. The summed E-state index contributed by atoms with van der Waals surface area (Å²) in [7, 11) is 1.16. The third-order valence-electron chi connectivity index (χ3n) is 13.1. The number of rotatable bonds is 54. The minimum atomic E-state index is -4.71. The first-order valence-corrected chi connectivity index (χ1v) is 31.9. The molecule has 10 heteroatoms. The minimum Gasteiger partial charge on any atom is -0.756 e. The van der Waals surface area contributed by atoms with E-state index in [-0.39, 0.29) is 24.9 Å². The predicted molar refractivity (Wildman–Crippen MR) is 316 cm³/mol. The van der Waals surface area contributed by atoms with Gasteiger partial charge in [0.2, 0.25) is 5.91 Å². The Labute approximate surface area is 456 Å². The summed E-state index contributed by atoms with van der Waals surface area (Å²) < 4.78 is 30.3. The van der Waals surface area contributed by atoms with E-state index in [0.29, 0.717) is 23.9 Å². The third kappa shape index (κ3) is 54.0. The number of unbranched alkanes of at least 4 members (excludes halogenated alkanes) is 26. The number of hydrogen-bond donors (Lipinski definition) is 1. The van der Waals surface area contributed by atoms with Gasteiger partial charge in [-0.15, -0.1) is 0 Å². The highest BCUT2D eigenvalue weighted by molar-refractivity contribution is 7.45. The molecular weight excluding hydrogens is 940 g/mol. The van der Waals surface area contributed by atoms with Crippen molar-refractivity contribution in [3.63, 3.8) is 0 Å². The van der Waals surface area contributed by atoms with Crippen molar-refractivity contribution in [3.8, 4) is 0 Å². The molecule has 0 bridgehead atoms. The summed E-state index contributed by atoms with van der Waals surface area (Å²) in [6, 6.07) is -0.905. The molecule has 0 aliphatic carbocycles. The van der Waals surface area contributed by atoms with Gasteiger partial charge in [-0.2, -0.15) is 0 Å². The van der Waals surface area contributed by atoms with Gasteiger partial charge in [-0.1, -0.05) is 228 Å². The summed E-state index contributed by atoms with van der Waals surface area (Å²) in [5, 5.41) is 3.02. The van der Waals surface area contributed by atoms with Crippen LogP contribution in [-0.2, 0) is 27.9 Å². The van der Waals surface area contributed by atoms with Crippen molar-refractivity contribution in [2.75, 3.05) is 40.9 Å². The predicted octanol–water partition coefficient (Wildman–Crippen LogP) is 18.0. The van der Waals surface area contributed by atoms with Gasteiger partial charge in [0, 0.05) is 12.8 Å². The maximum Gasteiger partial charge on any atom is 0.306 e. The van der Waals surface area contributed by atoms with E-state index in [4.69, 9.17) is 13.8 Å². The molecule has 0 saturated carbocycles. The fourth-order valence-electron chi connectivity index (χ4n) is 8.37. The number of nitrogens with one attached hydrogen (secondary N) is 1. The standard InChI is InChI=1S/C64H115N2O7P/c1-7-10-13-16-19-22-25-28-30-31-32-33-34-35-36-38-41-44-47-50-53-56-63(67)65-61(60-72-74(69,70)71-59-58-66(4,5)6)62(55-52-49-46-43-40-37-27-24-21-18-15-12-9-3)73-64(68)57-54-51-48-45-42-39-29-26-23-20-17-14-11-8-2/h11,14,19-20,22-23,28-30,32-33,39,52,55,61-62H,7-10,12-13,15-18,21,24-27,31,34-38,40-51,53-54,56-60H2,1-6H3,(H-,65,67,69,70)/b14-11+,22-19-,23-20+,30-28-,33-32-,39-29+,55-52-. The number of likely N-dealkylation sites (N-methyl/N-ethyl adjacent to an activating group) is 1. The van der Waals surface area contributed by atoms with E-state index in [1.54, 1.807) is 0 Å². The highest BCUT2D eigenvalue weighted by Crippen LogP contribution is 2.38. The second-order valence-electron chi connectivity index (χ2n) is 21.5. The molecule has 0 aromatic carbocycles. The molecular formula is C64H115N2O7P. The van der Waals surface area contributed by atoms with Gasteiger partial charge in [-0.05, 0) is 102 Å². The highest BCUT2D eigenvalue weighted by atomic mass is 31.2. The second kappa shape index (κ2) is 53.6. The van der Waals surface area contributed by atoms with Crippen LogP contribution in [0.15, 0.2) is 85.1 Å². The molecule has 0 radical (unpaired) electrons. The maximum absolute atomic E-state index is 13.5. The number of phosphoric acid groups is 1. The Morgan fingerprint density at radius 1 is 0.486 bits per heavy atom. The van der Waals surface area contributed by atoms with Crippen LogP contribution in [-0.4, -0.2) is 69.4 Å². The second-order valence-corrected chi connectivity index (χ2v) is 22.9. The van der Waals surface area contributed by atoms with Crippen LogP contribution in [0.2, 0.25) is 0 Å². The highest BCUT2D eigenvalue weighted by Gasteiger charge is 2.27. The van der Waals surface area contributed by atoms with E-state index in [2.05, 4.69) is 99.0 Å². The van der Waals surface area contributed by atoms with Crippen molar-refractivity contribution in [3.05, 3.63) is 85.1 Å². The van der Waals surface area contributed by atoms with Gasteiger partial charge in [-0.25, -0.2) is 0 Å². The Kier molecular flexibility index (Phi) is 51.5. The van der Waals surface area contributed by atoms with E-state index >= 15 is 0 Å². The lowest BCUT2D eigenvalue weighted by Gasteiger charge is -2.30. The summed E-state index contributed by atoms with van der Waals surface area (Å²) >= 11 is 0. The molecule has 0 rings (SSSR count). The SMILES string of the molecule is CC/C=C/C/C=C/C/C=C/CCCCCCC(=O)OC(/C=C\CCCCCCCCCCCCC)C(COP(=O)([O-])OCC[N+](C)(C)C)NC(=O)CCCCCCCCCC/C=C\C/C=C\C/C=C\CCCCC. The van der Waals surface area contributed by atoms with E-state index in [9.17, 15) is 19.0 Å². The van der Waals surface area contributed by atoms with Crippen molar-refractivity contribution in [1.82, 2.24) is 5.32 Å². The Morgan fingerprint density at radius 2 is 0.865 bits per heavy atom. The molecule has 0 spiro atoms. The number of carbonyl (C=O) groups excluding carboxylic acids is 2. The largest absolute Gasteiger partial charge is 0.756 e. The molecule has 74 heavy (non-hydrogen) atoms. The van der Waals surface area contributed by atoms with E-state index in [0.717, 1.165) is 109 Å². The van der Waals surface area contributed by atoms with Crippen LogP contribution in [0, 0.1) is 0 Å². The number of allylic oxidation sites excluding steroid dienone is 13. The summed E-state index contributed by atoms with van der Waals surface area (Å²) in [6.45, 7) is 6.68. The van der Waals surface area contributed by atoms with Gasteiger partial charge in [0.05, 0.1) is 33.8 Å². The molecule has 0 aliphatic heterocycles. The number of ether oxygens (including phenoxy) is 1. The number of esters is 1. The number of carbonyl (C=O) groups is 2. The average Bonchev–Trinajstić information content (AvgIpc) is 3.36. The summed E-state index contributed by atoms with van der Waals surface area (Å²) in [6.07, 6.45) is 69.7. The lowest BCUT2D eigenvalue weighted by atomic mass is 10.0.